The fourth-order valence-corrected chi connectivity index (χ4v) is 5.27. The van der Waals surface area contributed by atoms with Crippen LogP contribution >= 0.6 is 0 Å². The second kappa shape index (κ2) is 7.67. The van der Waals surface area contributed by atoms with Gasteiger partial charge in [0.15, 0.2) is 0 Å². The summed E-state index contributed by atoms with van der Waals surface area (Å²) >= 11 is 0. The zero-order chi connectivity index (χ0) is 18.0. The number of hydrogen-bond donors (Lipinski definition) is 1. The fourth-order valence-electron chi connectivity index (χ4n) is 5.27. The quantitative estimate of drug-likeness (QED) is 0.748. The number of hydrogen-bond acceptors (Lipinski definition) is 3. The predicted molar refractivity (Wildman–Crippen MR) is 98.5 cm³/mol. The number of carbonyl (C=O) groups excluding carboxylic acids is 1. The van der Waals surface area contributed by atoms with Gasteiger partial charge in [0.1, 0.15) is 0 Å². The summed E-state index contributed by atoms with van der Waals surface area (Å²) in [6, 6.07) is 0.349. The molecular weight excluding hydrogens is 316 g/mol. The minimum Gasteiger partial charge on any atom is -0.378 e. The zero-order valence-corrected chi connectivity index (χ0v) is 16.1. The van der Waals surface area contributed by atoms with Gasteiger partial charge in [-0.3, -0.25) is 0 Å². The highest BCUT2D eigenvalue weighted by molar-refractivity contribution is 5.74. The molecule has 0 aromatic carbocycles. The van der Waals surface area contributed by atoms with E-state index in [2.05, 4.69) is 18.8 Å². The third-order valence-corrected chi connectivity index (χ3v) is 6.65. The molecule has 142 valence electrons. The van der Waals surface area contributed by atoms with Crippen molar-refractivity contribution in [3.63, 3.8) is 0 Å². The largest absolute Gasteiger partial charge is 0.378 e. The summed E-state index contributed by atoms with van der Waals surface area (Å²) in [6.45, 7) is 10.3. The molecule has 1 saturated heterocycles. The van der Waals surface area contributed by atoms with Crippen molar-refractivity contribution < 1.29 is 14.3 Å². The van der Waals surface area contributed by atoms with Crippen molar-refractivity contribution in [2.75, 3.05) is 26.8 Å². The molecule has 1 spiro atoms. The Bertz CT molecular complexity index is 501. The Morgan fingerprint density at radius 1 is 1.40 bits per heavy atom. The first-order chi connectivity index (χ1) is 12.0. The molecular formula is C20H34N2O3. The third-order valence-electron chi connectivity index (χ3n) is 6.65. The lowest BCUT2D eigenvalue weighted by Gasteiger charge is -2.56. The molecule has 0 radical (unpaired) electrons. The topological polar surface area (TPSA) is 50.8 Å². The highest BCUT2D eigenvalue weighted by atomic mass is 16.5. The molecule has 4 unspecified atom stereocenters. The van der Waals surface area contributed by atoms with Crippen molar-refractivity contribution >= 4 is 6.03 Å². The van der Waals surface area contributed by atoms with Crippen molar-refractivity contribution in [2.24, 2.45) is 11.3 Å². The molecule has 5 nitrogen and oxygen atoms in total. The standard InChI is InChI=1S/C20H34N2O3/c1-5-24-17-12-16(20(17)9-6-7-10-20)22(4)19(23)21-13-15-8-11-25-18(15)14(2)3/h15-18H,2,5-13H2,1,3-4H3,(H,21,23). The minimum absolute atomic E-state index is 0.0404. The van der Waals surface area contributed by atoms with Crippen molar-refractivity contribution in [2.45, 2.75) is 70.6 Å². The summed E-state index contributed by atoms with van der Waals surface area (Å²) in [5.74, 6) is 0.341. The molecule has 3 rings (SSSR count). The van der Waals surface area contributed by atoms with E-state index in [4.69, 9.17) is 9.47 Å². The zero-order valence-electron chi connectivity index (χ0n) is 16.1. The van der Waals surface area contributed by atoms with Crippen LogP contribution in [0.25, 0.3) is 0 Å². The molecule has 0 aromatic rings. The van der Waals surface area contributed by atoms with Gasteiger partial charge in [0.25, 0.3) is 0 Å². The first-order valence-corrected chi connectivity index (χ1v) is 9.89. The second-order valence-corrected chi connectivity index (χ2v) is 8.12. The molecule has 1 N–H and O–H groups in total. The highest BCUT2D eigenvalue weighted by Gasteiger charge is 2.58. The van der Waals surface area contributed by atoms with E-state index in [9.17, 15) is 4.79 Å². The Morgan fingerprint density at radius 3 is 2.76 bits per heavy atom. The normalized spacial score (nSPS) is 33.2. The number of ether oxygens (including phenoxy) is 2. The number of nitrogens with zero attached hydrogens (tertiary/aromatic N) is 1. The fraction of sp³-hybridized carbons (Fsp3) is 0.850. The van der Waals surface area contributed by atoms with E-state index < -0.39 is 0 Å². The molecule has 1 heterocycles. The summed E-state index contributed by atoms with van der Waals surface area (Å²) in [5, 5.41) is 3.14. The number of urea groups is 1. The Morgan fingerprint density at radius 2 is 2.12 bits per heavy atom. The van der Waals surface area contributed by atoms with Crippen LogP contribution in [-0.4, -0.2) is 56.0 Å². The maximum Gasteiger partial charge on any atom is 0.317 e. The molecule has 25 heavy (non-hydrogen) atoms. The van der Waals surface area contributed by atoms with E-state index in [0.717, 1.165) is 31.6 Å². The van der Waals surface area contributed by atoms with Crippen LogP contribution in [0.1, 0.15) is 52.4 Å². The SMILES string of the molecule is C=C(C)C1OCCC1CNC(=O)N(C)C1CC(OCC)C12CCCC2. The smallest absolute Gasteiger partial charge is 0.317 e. The Balaban J connectivity index is 1.55. The van der Waals surface area contributed by atoms with Gasteiger partial charge in [-0.1, -0.05) is 25.0 Å². The highest BCUT2D eigenvalue weighted by Crippen LogP contribution is 2.56. The van der Waals surface area contributed by atoms with E-state index in [1.165, 1.54) is 25.7 Å². The summed E-state index contributed by atoms with van der Waals surface area (Å²) in [7, 11) is 1.95. The van der Waals surface area contributed by atoms with Crippen molar-refractivity contribution in [3.05, 3.63) is 12.2 Å². The average Bonchev–Trinajstić information content (AvgIpc) is 3.25. The van der Waals surface area contributed by atoms with Crippen molar-refractivity contribution in [1.29, 1.82) is 0 Å². The van der Waals surface area contributed by atoms with Crippen molar-refractivity contribution in [1.82, 2.24) is 10.2 Å². The van der Waals surface area contributed by atoms with E-state index in [-0.39, 0.29) is 17.6 Å². The minimum atomic E-state index is 0.0404. The summed E-state index contributed by atoms with van der Waals surface area (Å²) in [5.41, 5.74) is 1.24. The van der Waals surface area contributed by atoms with Crippen LogP contribution in [0.4, 0.5) is 4.79 Å². The Labute approximate surface area is 152 Å². The molecule has 4 atom stereocenters. The average molecular weight is 351 g/mol. The molecule has 1 aliphatic heterocycles. The van der Waals surface area contributed by atoms with E-state index in [0.29, 0.717) is 24.6 Å². The van der Waals surface area contributed by atoms with E-state index in [1.54, 1.807) is 0 Å². The van der Waals surface area contributed by atoms with Gasteiger partial charge >= 0.3 is 6.03 Å². The van der Waals surface area contributed by atoms with Gasteiger partial charge < -0.3 is 19.7 Å². The van der Waals surface area contributed by atoms with Crippen LogP contribution < -0.4 is 5.32 Å². The van der Waals surface area contributed by atoms with Crippen LogP contribution in [0, 0.1) is 11.3 Å². The number of nitrogens with one attached hydrogen (secondary N) is 1. The first-order valence-electron chi connectivity index (χ1n) is 9.89. The maximum absolute atomic E-state index is 12.7. The van der Waals surface area contributed by atoms with Crippen LogP contribution in [-0.2, 0) is 9.47 Å². The first kappa shape index (κ1) is 18.7. The molecule has 0 aromatic heterocycles. The number of carbonyl (C=O) groups is 1. The molecule has 2 aliphatic carbocycles. The molecule has 2 amide bonds. The number of rotatable bonds is 6. The Kier molecular flexibility index (Phi) is 5.74. The summed E-state index contributed by atoms with van der Waals surface area (Å²) in [6.07, 6.45) is 7.27. The van der Waals surface area contributed by atoms with Crippen LogP contribution in [0.3, 0.4) is 0 Å². The molecule has 0 bridgehead atoms. The maximum atomic E-state index is 12.7. The van der Waals surface area contributed by atoms with E-state index >= 15 is 0 Å². The van der Waals surface area contributed by atoms with Gasteiger partial charge in [-0.15, -0.1) is 0 Å². The molecule has 3 aliphatic rings. The van der Waals surface area contributed by atoms with Gasteiger partial charge in [0, 0.05) is 44.2 Å². The van der Waals surface area contributed by atoms with Gasteiger partial charge in [-0.25, -0.2) is 4.79 Å². The molecule has 3 fully saturated rings. The van der Waals surface area contributed by atoms with Gasteiger partial charge in [-0.2, -0.15) is 0 Å². The molecule has 5 heteroatoms. The monoisotopic (exact) mass is 350 g/mol. The Hall–Kier alpha value is -1.07. The third kappa shape index (κ3) is 3.45. The lowest BCUT2D eigenvalue weighted by Crippen LogP contribution is -2.65. The van der Waals surface area contributed by atoms with Gasteiger partial charge in [0.05, 0.1) is 12.2 Å². The van der Waals surface area contributed by atoms with Crippen molar-refractivity contribution in [3.8, 4) is 0 Å². The summed E-state index contributed by atoms with van der Waals surface area (Å²) in [4.78, 5) is 14.7. The molecule has 2 saturated carbocycles. The predicted octanol–water partition coefficient (Wildman–Crippen LogP) is 3.35. The second-order valence-electron chi connectivity index (χ2n) is 8.12. The van der Waals surface area contributed by atoms with Gasteiger partial charge in [0.2, 0.25) is 0 Å². The summed E-state index contributed by atoms with van der Waals surface area (Å²) < 4.78 is 11.7. The van der Waals surface area contributed by atoms with Gasteiger partial charge in [-0.05, 0) is 39.5 Å². The lowest BCUT2D eigenvalue weighted by atomic mass is 9.60. The van der Waals surface area contributed by atoms with Crippen LogP contribution in [0.5, 0.6) is 0 Å². The van der Waals surface area contributed by atoms with E-state index in [1.807, 2.05) is 18.9 Å². The number of amides is 2. The van der Waals surface area contributed by atoms with Crippen LogP contribution in [0.2, 0.25) is 0 Å². The lowest BCUT2D eigenvalue weighted by molar-refractivity contribution is -0.151. The van der Waals surface area contributed by atoms with Crippen LogP contribution in [0.15, 0.2) is 12.2 Å².